The van der Waals surface area contributed by atoms with Crippen molar-refractivity contribution in [3.05, 3.63) is 90.1 Å². The number of rotatable bonds is 6. The van der Waals surface area contributed by atoms with Crippen LogP contribution in [0, 0.1) is 0 Å². The van der Waals surface area contributed by atoms with Crippen LogP contribution in [0.5, 0.6) is 0 Å². The van der Waals surface area contributed by atoms with Crippen molar-refractivity contribution in [1.82, 2.24) is 19.7 Å². The average molecular weight is 462 g/mol. The first-order valence-electron chi connectivity index (χ1n) is 9.36. The van der Waals surface area contributed by atoms with E-state index in [1.54, 1.807) is 35.1 Å². The Labute approximate surface area is 181 Å². The van der Waals surface area contributed by atoms with E-state index in [0.717, 1.165) is 30.0 Å². The predicted molar refractivity (Wildman–Crippen MR) is 108 cm³/mol. The van der Waals surface area contributed by atoms with Gasteiger partial charge in [-0.3, -0.25) is 10.3 Å². The third kappa shape index (κ3) is 4.49. The zero-order valence-electron chi connectivity index (χ0n) is 16.4. The number of nitrogens with one attached hydrogen (secondary N) is 1. The first-order chi connectivity index (χ1) is 15.1. The molecule has 0 aliphatic rings. The molecule has 3 aromatic heterocycles. The third-order valence-electron chi connectivity index (χ3n) is 4.78. The lowest BCUT2D eigenvalue weighted by Crippen LogP contribution is -2.21. The Morgan fingerprint density at radius 2 is 1.88 bits per heavy atom. The number of fused-ring (bicyclic) bond motifs is 1. The second-order valence-electron chi connectivity index (χ2n) is 6.95. The topological polar surface area (TPSA) is 96.6 Å². The summed E-state index contributed by atoms with van der Waals surface area (Å²) in [6.07, 6.45) is 0.531. The molecule has 32 heavy (non-hydrogen) atoms. The molecule has 0 amide bonds. The summed E-state index contributed by atoms with van der Waals surface area (Å²) >= 11 is 0. The highest BCUT2D eigenvalue weighted by Crippen LogP contribution is 2.31. The van der Waals surface area contributed by atoms with Crippen molar-refractivity contribution in [2.75, 3.05) is 0 Å². The van der Waals surface area contributed by atoms with E-state index >= 15 is 0 Å². The molecular weight excluding hydrogens is 445 g/mol. The number of aromatic nitrogens is 3. The molecular formula is C21H17F3N4O3S. The van der Waals surface area contributed by atoms with Gasteiger partial charge in [-0.05, 0) is 42.5 Å². The van der Waals surface area contributed by atoms with Gasteiger partial charge in [0, 0.05) is 36.9 Å². The largest absolute Gasteiger partial charge is 0.416 e. The molecule has 4 aromatic rings. The summed E-state index contributed by atoms with van der Waals surface area (Å²) in [7, 11) is -4.17. The molecule has 2 N–H and O–H groups in total. The molecule has 0 saturated heterocycles. The molecule has 4 rings (SSSR count). The highest BCUT2D eigenvalue weighted by molar-refractivity contribution is 7.91. The lowest BCUT2D eigenvalue weighted by Gasteiger charge is -2.13. The molecule has 1 aromatic carbocycles. The van der Waals surface area contributed by atoms with Crippen LogP contribution < -0.4 is 5.32 Å². The Bertz CT molecular complexity index is 1350. The van der Waals surface area contributed by atoms with Crippen LogP contribution in [0.4, 0.5) is 13.2 Å². The van der Waals surface area contributed by atoms with Crippen molar-refractivity contribution in [2.24, 2.45) is 0 Å². The summed E-state index contributed by atoms with van der Waals surface area (Å²) in [6, 6.07) is 9.73. The number of alkyl halides is 3. The lowest BCUT2D eigenvalue weighted by molar-refractivity contribution is -0.137. The number of aliphatic hydroxyl groups excluding tert-OH is 1. The van der Waals surface area contributed by atoms with Gasteiger partial charge in [0.1, 0.15) is 11.9 Å². The summed E-state index contributed by atoms with van der Waals surface area (Å²) in [5.74, 6) is 0. The molecule has 0 aliphatic carbocycles. The fourth-order valence-corrected chi connectivity index (χ4v) is 4.32. The van der Waals surface area contributed by atoms with Crippen molar-refractivity contribution in [1.29, 1.82) is 0 Å². The van der Waals surface area contributed by atoms with E-state index in [2.05, 4.69) is 15.3 Å². The van der Waals surface area contributed by atoms with Crippen molar-refractivity contribution in [3.8, 4) is 0 Å². The zero-order valence-corrected chi connectivity index (χ0v) is 17.2. The van der Waals surface area contributed by atoms with Crippen LogP contribution in [-0.2, 0) is 22.6 Å². The highest BCUT2D eigenvalue weighted by Gasteiger charge is 2.32. The van der Waals surface area contributed by atoms with Gasteiger partial charge in [0.25, 0.3) is 0 Å². The van der Waals surface area contributed by atoms with Crippen LogP contribution in [0.25, 0.3) is 5.65 Å². The van der Waals surface area contributed by atoms with Gasteiger partial charge in [-0.25, -0.2) is 13.4 Å². The quantitative estimate of drug-likeness (QED) is 0.427. The van der Waals surface area contributed by atoms with Gasteiger partial charge in [-0.2, -0.15) is 13.2 Å². The second kappa shape index (κ2) is 8.34. The van der Waals surface area contributed by atoms with Gasteiger partial charge < -0.3 is 9.51 Å². The minimum Gasteiger partial charge on any atom is -0.374 e. The Kier molecular flexibility index (Phi) is 5.71. The zero-order chi connectivity index (χ0) is 22.9. The van der Waals surface area contributed by atoms with Crippen LogP contribution >= 0.6 is 0 Å². The minimum atomic E-state index is -4.65. The highest BCUT2D eigenvalue weighted by atomic mass is 32.2. The van der Waals surface area contributed by atoms with Crippen molar-refractivity contribution in [2.45, 2.75) is 28.7 Å². The normalized spacial score (nSPS) is 13.4. The first kappa shape index (κ1) is 21.9. The minimum absolute atomic E-state index is 0.132. The number of nitrogens with zero attached hydrogens (tertiary/aromatic N) is 3. The molecule has 0 bridgehead atoms. The molecule has 166 valence electrons. The third-order valence-corrected chi connectivity index (χ3v) is 6.52. The first-order valence-corrected chi connectivity index (χ1v) is 10.8. The maximum atomic E-state index is 12.9. The van der Waals surface area contributed by atoms with Gasteiger partial charge in [-0.15, -0.1) is 0 Å². The summed E-state index contributed by atoms with van der Waals surface area (Å²) in [6.45, 7) is 0.132. The maximum absolute atomic E-state index is 12.9. The Hall–Kier alpha value is -3.28. The number of sulfone groups is 1. The molecule has 0 radical (unpaired) electrons. The summed E-state index contributed by atoms with van der Waals surface area (Å²) in [4.78, 5) is 7.49. The van der Waals surface area contributed by atoms with Crippen LogP contribution in [0.15, 0.2) is 83.1 Å². The Morgan fingerprint density at radius 3 is 2.59 bits per heavy atom. The molecule has 11 heteroatoms. The van der Waals surface area contributed by atoms with E-state index in [1.807, 2.05) is 0 Å². The number of hydrogen-bond acceptors (Lipinski definition) is 6. The number of pyridine rings is 2. The van der Waals surface area contributed by atoms with Crippen LogP contribution in [-0.4, -0.2) is 27.9 Å². The van der Waals surface area contributed by atoms with Gasteiger partial charge in [0.05, 0.1) is 21.0 Å². The van der Waals surface area contributed by atoms with Gasteiger partial charge in [-0.1, -0.05) is 6.07 Å². The van der Waals surface area contributed by atoms with Crippen molar-refractivity contribution < 1.29 is 26.7 Å². The maximum Gasteiger partial charge on any atom is 0.416 e. The number of hydrogen-bond donors (Lipinski definition) is 2. The number of imidazole rings is 1. The fourth-order valence-electron chi connectivity index (χ4n) is 3.07. The van der Waals surface area contributed by atoms with E-state index in [1.165, 1.54) is 12.1 Å². The molecule has 0 fully saturated rings. The van der Waals surface area contributed by atoms with E-state index < -0.39 is 32.7 Å². The SMILES string of the molecule is O=S(=O)(c1ccc(CNC(O)c2ccc3nccn3c2)nc1)c1cccc(C(F)(F)F)c1. The summed E-state index contributed by atoms with van der Waals surface area (Å²) in [5.41, 5.74) is 0.727. The standard InChI is InChI=1S/C21H17F3N4O3S/c22-21(23,24)15-2-1-3-17(10-15)32(30,31)18-6-5-16(26-12-18)11-27-20(29)14-4-7-19-25-8-9-28(19)13-14/h1-10,12-13,20,27,29H,11H2. The summed E-state index contributed by atoms with van der Waals surface area (Å²) in [5, 5.41) is 13.2. The molecule has 1 unspecified atom stereocenters. The number of halogens is 3. The summed E-state index contributed by atoms with van der Waals surface area (Å²) < 4.78 is 65.9. The Morgan fingerprint density at radius 1 is 1.06 bits per heavy atom. The second-order valence-corrected chi connectivity index (χ2v) is 8.90. The predicted octanol–water partition coefficient (Wildman–Crippen LogP) is 3.36. The van der Waals surface area contributed by atoms with Crippen molar-refractivity contribution >= 4 is 15.5 Å². The van der Waals surface area contributed by atoms with E-state index in [4.69, 9.17) is 0 Å². The Balaban J connectivity index is 1.46. The molecule has 3 heterocycles. The van der Waals surface area contributed by atoms with Crippen LogP contribution in [0.3, 0.4) is 0 Å². The van der Waals surface area contributed by atoms with Gasteiger partial charge in [0.15, 0.2) is 0 Å². The smallest absolute Gasteiger partial charge is 0.374 e. The monoisotopic (exact) mass is 462 g/mol. The van der Waals surface area contributed by atoms with Crippen LogP contribution in [0.1, 0.15) is 23.0 Å². The van der Waals surface area contributed by atoms with Gasteiger partial charge >= 0.3 is 6.18 Å². The molecule has 0 aliphatic heterocycles. The molecule has 7 nitrogen and oxygen atoms in total. The number of benzene rings is 1. The van der Waals surface area contributed by atoms with Crippen molar-refractivity contribution in [3.63, 3.8) is 0 Å². The van der Waals surface area contributed by atoms with E-state index in [-0.39, 0.29) is 11.4 Å². The lowest BCUT2D eigenvalue weighted by atomic mass is 10.2. The van der Waals surface area contributed by atoms with E-state index in [9.17, 15) is 26.7 Å². The van der Waals surface area contributed by atoms with E-state index in [0.29, 0.717) is 17.3 Å². The fraction of sp³-hybridized carbons (Fsp3) is 0.143. The molecule has 0 saturated carbocycles. The number of aliphatic hydroxyl groups is 1. The molecule has 1 atom stereocenters. The van der Waals surface area contributed by atoms with Crippen LogP contribution in [0.2, 0.25) is 0 Å². The average Bonchev–Trinajstić information content (AvgIpc) is 3.25. The van der Waals surface area contributed by atoms with Gasteiger partial charge in [0.2, 0.25) is 9.84 Å². The molecule has 0 spiro atoms.